The number of rotatable bonds is 8. The second-order valence-electron chi connectivity index (χ2n) is 5.83. The van der Waals surface area contributed by atoms with Gasteiger partial charge in [0.1, 0.15) is 5.75 Å². The predicted octanol–water partition coefficient (Wildman–Crippen LogP) is 3.70. The molecule has 0 radical (unpaired) electrons. The van der Waals surface area contributed by atoms with Crippen molar-refractivity contribution in [2.75, 3.05) is 24.3 Å². The lowest BCUT2D eigenvalue weighted by Crippen LogP contribution is -2.21. The summed E-state index contributed by atoms with van der Waals surface area (Å²) in [7, 11) is 1.34. The third-order valence-electron chi connectivity index (χ3n) is 3.81. The van der Waals surface area contributed by atoms with E-state index in [0.717, 1.165) is 17.9 Å². The Hall–Kier alpha value is -3.02. The Morgan fingerprint density at radius 1 is 1.00 bits per heavy atom. The molecule has 0 fully saturated rings. The van der Waals surface area contributed by atoms with Crippen LogP contribution in [0.1, 0.15) is 30.6 Å². The second-order valence-corrected chi connectivity index (χ2v) is 5.83. The van der Waals surface area contributed by atoms with E-state index >= 15 is 0 Å². The number of ether oxygens (including phenoxy) is 2. The van der Waals surface area contributed by atoms with E-state index < -0.39 is 5.97 Å². The topological polar surface area (TPSA) is 76.7 Å². The summed E-state index contributed by atoms with van der Waals surface area (Å²) in [5.74, 6) is 0.217. The van der Waals surface area contributed by atoms with E-state index in [9.17, 15) is 9.59 Å². The Labute approximate surface area is 153 Å². The highest BCUT2D eigenvalue weighted by molar-refractivity contribution is 5.94. The number of amides is 1. The average Bonchev–Trinajstić information content (AvgIpc) is 2.67. The number of methoxy groups -OCH3 is 1. The molecule has 26 heavy (non-hydrogen) atoms. The van der Waals surface area contributed by atoms with Crippen molar-refractivity contribution < 1.29 is 19.1 Å². The molecule has 0 aliphatic rings. The molecule has 0 saturated carbocycles. The van der Waals surface area contributed by atoms with Gasteiger partial charge in [-0.3, -0.25) is 4.79 Å². The Morgan fingerprint density at radius 3 is 2.19 bits per heavy atom. The summed E-state index contributed by atoms with van der Waals surface area (Å²) in [6.45, 7) is 4.19. The molecule has 1 atom stereocenters. The van der Waals surface area contributed by atoms with Gasteiger partial charge < -0.3 is 20.1 Å². The van der Waals surface area contributed by atoms with Gasteiger partial charge in [-0.15, -0.1) is 0 Å². The molecule has 0 spiro atoms. The van der Waals surface area contributed by atoms with Crippen molar-refractivity contribution in [2.45, 2.75) is 26.4 Å². The second kappa shape index (κ2) is 9.46. The summed E-state index contributed by atoms with van der Waals surface area (Å²) in [5, 5.41) is 5.82. The molecule has 2 aromatic carbocycles. The zero-order valence-corrected chi connectivity index (χ0v) is 15.2. The Morgan fingerprint density at radius 2 is 1.62 bits per heavy atom. The Balaban J connectivity index is 1.82. The molecule has 138 valence electrons. The number of hydrogen-bond donors (Lipinski definition) is 2. The van der Waals surface area contributed by atoms with E-state index in [0.29, 0.717) is 11.3 Å². The molecular formula is C20H24N2O4. The van der Waals surface area contributed by atoms with Crippen molar-refractivity contribution in [3.05, 3.63) is 54.1 Å². The van der Waals surface area contributed by atoms with E-state index in [1.165, 1.54) is 7.11 Å². The zero-order valence-electron chi connectivity index (χ0n) is 15.2. The van der Waals surface area contributed by atoms with Crippen LogP contribution in [0.4, 0.5) is 11.4 Å². The van der Waals surface area contributed by atoms with Crippen molar-refractivity contribution in [1.82, 2.24) is 0 Å². The van der Waals surface area contributed by atoms with Crippen LogP contribution in [0.3, 0.4) is 0 Å². The van der Waals surface area contributed by atoms with Crippen LogP contribution in [0.15, 0.2) is 48.5 Å². The lowest BCUT2D eigenvalue weighted by molar-refractivity contribution is -0.114. The molecule has 6 nitrogen and oxygen atoms in total. The molecule has 2 N–H and O–H groups in total. The van der Waals surface area contributed by atoms with E-state index in [1.54, 1.807) is 36.4 Å². The highest BCUT2D eigenvalue weighted by Gasteiger charge is 2.06. The molecule has 0 aliphatic carbocycles. The van der Waals surface area contributed by atoms with Gasteiger partial charge in [0.15, 0.2) is 0 Å². The highest BCUT2D eigenvalue weighted by Crippen LogP contribution is 2.17. The van der Waals surface area contributed by atoms with Gasteiger partial charge in [0, 0.05) is 11.4 Å². The summed E-state index contributed by atoms with van der Waals surface area (Å²) < 4.78 is 10.3. The number of anilines is 2. The first-order chi connectivity index (χ1) is 12.5. The smallest absolute Gasteiger partial charge is 0.337 e. The van der Waals surface area contributed by atoms with Crippen LogP contribution in [-0.4, -0.2) is 31.6 Å². The normalized spacial score (nSPS) is 11.3. The van der Waals surface area contributed by atoms with Gasteiger partial charge in [0.25, 0.3) is 0 Å². The maximum Gasteiger partial charge on any atom is 0.337 e. The first-order valence-electron chi connectivity index (χ1n) is 8.50. The van der Waals surface area contributed by atoms with Gasteiger partial charge >= 0.3 is 5.97 Å². The van der Waals surface area contributed by atoms with Crippen LogP contribution < -0.4 is 15.4 Å². The van der Waals surface area contributed by atoms with Gasteiger partial charge in [0.2, 0.25) is 5.91 Å². The monoisotopic (exact) mass is 356 g/mol. The number of hydrogen-bond acceptors (Lipinski definition) is 5. The fourth-order valence-electron chi connectivity index (χ4n) is 2.16. The molecule has 1 unspecified atom stereocenters. The van der Waals surface area contributed by atoms with E-state index in [4.69, 9.17) is 4.74 Å². The van der Waals surface area contributed by atoms with E-state index in [2.05, 4.69) is 22.3 Å². The number of esters is 1. The number of benzene rings is 2. The molecule has 0 bridgehead atoms. The van der Waals surface area contributed by atoms with Gasteiger partial charge in [0.05, 0.1) is 25.3 Å². The summed E-state index contributed by atoms with van der Waals surface area (Å²) >= 11 is 0. The third-order valence-corrected chi connectivity index (χ3v) is 3.81. The lowest BCUT2D eigenvalue weighted by atomic mass is 10.2. The molecule has 1 amide bonds. The highest BCUT2D eigenvalue weighted by atomic mass is 16.5. The summed E-state index contributed by atoms with van der Waals surface area (Å²) in [6, 6.07) is 14.0. The maximum absolute atomic E-state index is 12.0. The van der Waals surface area contributed by atoms with Crippen LogP contribution in [0.5, 0.6) is 5.75 Å². The molecule has 6 heteroatoms. The lowest BCUT2D eigenvalue weighted by Gasteiger charge is -2.13. The van der Waals surface area contributed by atoms with Crippen LogP contribution >= 0.6 is 0 Å². The number of carbonyl (C=O) groups is 2. The average molecular weight is 356 g/mol. The Bertz CT molecular complexity index is 726. The van der Waals surface area contributed by atoms with E-state index in [-0.39, 0.29) is 18.6 Å². The van der Waals surface area contributed by atoms with Crippen molar-refractivity contribution in [3.8, 4) is 5.75 Å². The fourth-order valence-corrected chi connectivity index (χ4v) is 2.16. The summed E-state index contributed by atoms with van der Waals surface area (Å²) in [4.78, 5) is 23.4. The molecule has 0 aliphatic heterocycles. The van der Waals surface area contributed by atoms with Crippen molar-refractivity contribution in [3.63, 3.8) is 0 Å². The minimum atomic E-state index is -0.393. The van der Waals surface area contributed by atoms with Gasteiger partial charge in [-0.05, 0) is 61.9 Å². The standard InChI is InChI=1S/C20H24N2O4/c1-4-14(2)26-18-11-9-17(10-12-18)22-19(23)13-21-16-7-5-15(6-8-16)20(24)25-3/h5-12,14,21H,4,13H2,1-3H3,(H,22,23). The number of carbonyl (C=O) groups excluding carboxylic acids is 2. The molecule has 2 aromatic rings. The third kappa shape index (κ3) is 5.81. The van der Waals surface area contributed by atoms with Crippen molar-refractivity contribution in [2.24, 2.45) is 0 Å². The Kier molecular flexibility index (Phi) is 7.02. The first kappa shape index (κ1) is 19.3. The number of nitrogens with one attached hydrogen (secondary N) is 2. The molecule has 0 aromatic heterocycles. The largest absolute Gasteiger partial charge is 0.491 e. The van der Waals surface area contributed by atoms with E-state index in [1.807, 2.05) is 19.1 Å². The first-order valence-corrected chi connectivity index (χ1v) is 8.50. The minimum absolute atomic E-state index is 0.114. The van der Waals surface area contributed by atoms with Crippen LogP contribution in [0.25, 0.3) is 0 Å². The van der Waals surface area contributed by atoms with Gasteiger partial charge in [-0.1, -0.05) is 6.92 Å². The molecule has 2 rings (SSSR count). The summed E-state index contributed by atoms with van der Waals surface area (Å²) in [5.41, 5.74) is 1.90. The van der Waals surface area contributed by atoms with Crippen molar-refractivity contribution in [1.29, 1.82) is 0 Å². The fraction of sp³-hybridized carbons (Fsp3) is 0.300. The van der Waals surface area contributed by atoms with Crippen molar-refractivity contribution >= 4 is 23.3 Å². The molecular weight excluding hydrogens is 332 g/mol. The van der Waals surface area contributed by atoms with Crippen LogP contribution in [-0.2, 0) is 9.53 Å². The predicted molar refractivity (Wildman–Crippen MR) is 102 cm³/mol. The zero-order chi connectivity index (χ0) is 18.9. The SMILES string of the molecule is CCC(C)Oc1ccc(NC(=O)CNc2ccc(C(=O)OC)cc2)cc1. The summed E-state index contributed by atoms with van der Waals surface area (Å²) in [6.07, 6.45) is 1.09. The van der Waals surface area contributed by atoms with Crippen LogP contribution in [0, 0.1) is 0 Å². The molecule has 0 heterocycles. The van der Waals surface area contributed by atoms with Gasteiger partial charge in [-0.2, -0.15) is 0 Å². The van der Waals surface area contributed by atoms with Crippen LogP contribution in [0.2, 0.25) is 0 Å². The molecule has 0 saturated heterocycles. The minimum Gasteiger partial charge on any atom is -0.491 e. The quantitative estimate of drug-likeness (QED) is 0.705. The maximum atomic E-state index is 12.0. The van der Waals surface area contributed by atoms with Gasteiger partial charge in [-0.25, -0.2) is 4.79 Å².